The van der Waals surface area contributed by atoms with Gasteiger partial charge in [-0.15, -0.1) is 0 Å². The van der Waals surface area contributed by atoms with Crippen molar-refractivity contribution in [3.05, 3.63) is 30.1 Å². The maximum Gasteiger partial charge on any atom is 0.238 e. The topological polar surface area (TPSA) is 71.6 Å². The lowest BCUT2D eigenvalue weighted by Gasteiger charge is -2.05. The highest BCUT2D eigenvalue weighted by Gasteiger charge is 1.96. The number of nitrogens with zero attached hydrogens (tertiary/aromatic N) is 3. The van der Waals surface area contributed by atoms with Gasteiger partial charge in [0, 0.05) is 13.1 Å². The summed E-state index contributed by atoms with van der Waals surface area (Å²) in [5, 5.41) is 0.933. The van der Waals surface area contributed by atoms with Gasteiger partial charge in [0.1, 0.15) is 6.34 Å². The van der Waals surface area contributed by atoms with E-state index in [1.807, 2.05) is 18.2 Å². The summed E-state index contributed by atoms with van der Waals surface area (Å²) in [7, 11) is 0. The smallest absolute Gasteiger partial charge is 0.238 e. The lowest BCUT2D eigenvalue weighted by atomic mass is 10.4. The van der Waals surface area contributed by atoms with E-state index >= 15 is 0 Å². The Labute approximate surface area is 82.2 Å². The maximum atomic E-state index is 10.7. The molecule has 0 radical (unpaired) electrons. The highest BCUT2D eigenvalue weighted by Crippen LogP contribution is 1.94. The van der Waals surface area contributed by atoms with Crippen molar-refractivity contribution in [3.63, 3.8) is 0 Å². The van der Waals surface area contributed by atoms with Gasteiger partial charge < -0.3 is 0 Å². The van der Waals surface area contributed by atoms with Gasteiger partial charge in [-0.25, -0.2) is 10.9 Å². The van der Waals surface area contributed by atoms with Crippen molar-refractivity contribution in [3.8, 4) is 0 Å². The third kappa shape index (κ3) is 3.32. The molecule has 0 bridgehead atoms. The van der Waals surface area contributed by atoms with Crippen LogP contribution in [0.3, 0.4) is 0 Å². The van der Waals surface area contributed by atoms with E-state index in [-0.39, 0.29) is 5.91 Å². The Morgan fingerprint density at radius 2 is 2.50 bits per heavy atom. The van der Waals surface area contributed by atoms with Gasteiger partial charge in [-0.1, -0.05) is 6.07 Å². The average molecular weight is 192 g/mol. The summed E-state index contributed by atoms with van der Waals surface area (Å²) in [4.78, 5) is 18.7. The summed E-state index contributed by atoms with van der Waals surface area (Å²) in [5.41, 5.74) is 0.834. The van der Waals surface area contributed by atoms with E-state index < -0.39 is 0 Å². The zero-order valence-corrected chi connectivity index (χ0v) is 7.92. The highest BCUT2D eigenvalue weighted by atomic mass is 16.2. The molecule has 1 aromatic heterocycles. The van der Waals surface area contributed by atoms with E-state index in [4.69, 9.17) is 5.84 Å². The van der Waals surface area contributed by atoms with E-state index in [1.165, 1.54) is 13.3 Å². The largest absolute Gasteiger partial charge is 0.273 e. The molecule has 0 saturated carbocycles. The Bertz CT molecular complexity index is 323. The van der Waals surface area contributed by atoms with Crippen molar-refractivity contribution in [1.82, 2.24) is 9.99 Å². The second kappa shape index (κ2) is 5.08. The average Bonchev–Trinajstić information content (AvgIpc) is 2.19. The second-order valence-electron chi connectivity index (χ2n) is 2.70. The Balaban J connectivity index is 2.45. The first kappa shape index (κ1) is 10.3. The number of carbonyl (C=O) groups excluding carboxylic acids is 1. The molecule has 0 unspecified atom stereocenters. The van der Waals surface area contributed by atoms with Crippen LogP contribution in [0.5, 0.6) is 0 Å². The van der Waals surface area contributed by atoms with Gasteiger partial charge in [0.25, 0.3) is 0 Å². The van der Waals surface area contributed by atoms with Crippen LogP contribution < -0.4 is 5.84 Å². The summed E-state index contributed by atoms with van der Waals surface area (Å²) < 4.78 is 0. The van der Waals surface area contributed by atoms with Gasteiger partial charge in [0.2, 0.25) is 5.91 Å². The van der Waals surface area contributed by atoms with Gasteiger partial charge in [0.05, 0.1) is 12.2 Å². The van der Waals surface area contributed by atoms with Gasteiger partial charge in [0.15, 0.2) is 0 Å². The SMILES string of the molecule is CC(=O)N(N)C=NCc1ccccn1. The molecule has 0 atom stereocenters. The van der Waals surface area contributed by atoms with Gasteiger partial charge in [-0.05, 0) is 12.1 Å². The summed E-state index contributed by atoms with van der Waals surface area (Å²) >= 11 is 0. The standard InChI is InChI=1S/C9H12N4O/c1-8(14)13(10)7-11-6-9-4-2-3-5-12-9/h2-5,7H,6,10H2,1H3. The van der Waals surface area contributed by atoms with Crippen LogP contribution in [0.2, 0.25) is 0 Å². The van der Waals surface area contributed by atoms with Crippen molar-refractivity contribution in [2.45, 2.75) is 13.5 Å². The minimum atomic E-state index is -0.255. The molecule has 0 aromatic carbocycles. The van der Waals surface area contributed by atoms with E-state index in [1.54, 1.807) is 6.20 Å². The zero-order valence-electron chi connectivity index (χ0n) is 7.92. The number of carbonyl (C=O) groups is 1. The van der Waals surface area contributed by atoms with Crippen molar-refractivity contribution in [1.29, 1.82) is 0 Å². The first-order valence-electron chi connectivity index (χ1n) is 4.14. The molecule has 0 aliphatic carbocycles. The lowest BCUT2D eigenvalue weighted by molar-refractivity contribution is -0.125. The molecule has 74 valence electrons. The van der Waals surface area contributed by atoms with Crippen LogP contribution in [0, 0.1) is 0 Å². The first-order chi connectivity index (χ1) is 6.70. The monoisotopic (exact) mass is 192 g/mol. The van der Waals surface area contributed by atoms with Crippen LogP contribution in [0.1, 0.15) is 12.6 Å². The maximum absolute atomic E-state index is 10.7. The number of aliphatic imine (C=N–C) groups is 1. The second-order valence-corrected chi connectivity index (χ2v) is 2.70. The van der Waals surface area contributed by atoms with Crippen molar-refractivity contribution < 1.29 is 4.79 Å². The Morgan fingerprint density at radius 3 is 3.07 bits per heavy atom. The Hall–Kier alpha value is -1.75. The number of amides is 1. The molecule has 5 nitrogen and oxygen atoms in total. The highest BCUT2D eigenvalue weighted by molar-refractivity contribution is 5.84. The molecule has 1 amide bonds. The van der Waals surface area contributed by atoms with Crippen LogP contribution >= 0.6 is 0 Å². The zero-order chi connectivity index (χ0) is 10.4. The molecule has 5 heteroatoms. The molecule has 0 aliphatic rings. The molecule has 1 rings (SSSR count). The molecule has 1 heterocycles. The van der Waals surface area contributed by atoms with Crippen LogP contribution in [0.4, 0.5) is 0 Å². The first-order valence-corrected chi connectivity index (χ1v) is 4.14. The summed E-state index contributed by atoms with van der Waals surface area (Å²) in [6.07, 6.45) is 2.98. The summed E-state index contributed by atoms with van der Waals surface area (Å²) in [5.74, 6) is 5.04. The summed E-state index contributed by atoms with van der Waals surface area (Å²) in [6.45, 7) is 1.79. The Morgan fingerprint density at radius 1 is 1.71 bits per heavy atom. The number of nitrogens with two attached hydrogens (primary N) is 1. The van der Waals surface area contributed by atoms with E-state index in [9.17, 15) is 4.79 Å². The Kier molecular flexibility index (Phi) is 3.75. The van der Waals surface area contributed by atoms with E-state index in [0.717, 1.165) is 10.7 Å². The predicted molar refractivity (Wildman–Crippen MR) is 53.1 cm³/mol. The fourth-order valence-electron chi connectivity index (χ4n) is 0.795. The molecule has 0 saturated heterocycles. The van der Waals surface area contributed by atoms with Gasteiger partial charge >= 0.3 is 0 Å². The number of hydrazine groups is 1. The number of hydrogen-bond donors (Lipinski definition) is 1. The number of pyridine rings is 1. The molecule has 2 N–H and O–H groups in total. The molecule has 1 aromatic rings. The molecular formula is C9H12N4O. The molecule has 0 aliphatic heterocycles. The molecular weight excluding hydrogens is 180 g/mol. The van der Waals surface area contributed by atoms with Crippen LogP contribution in [-0.4, -0.2) is 22.2 Å². The lowest BCUT2D eigenvalue weighted by Crippen LogP contribution is -2.33. The third-order valence-electron chi connectivity index (χ3n) is 1.55. The quantitative estimate of drug-likeness (QED) is 0.247. The van der Waals surface area contributed by atoms with Crippen LogP contribution in [0.25, 0.3) is 0 Å². The fourth-order valence-corrected chi connectivity index (χ4v) is 0.795. The minimum absolute atomic E-state index is 0.255. The van der Waals surface area contributed by atoms with Crippen molar-refractivity contribution in [2.24, 2.45) is 10.8 Å². The molecule has 14 heavy (non-hydrogen) atoms. The van der Waals surface area contributed by atoms with Crippen molar-refractivity contribution in [2.75, 3.05) is 0 Å². The predicted octanol–water partition coefficient (Wildman–Crippen LogP) is 0.332. The van der Waals surface area contributed by atoms with Gasteiger partial charge in [-0.2, -0.15) is 0 Å². The number of hydrogen-bond acceptors (Lipinski definition) is 4. The van der Waals surface area contributed by atoms with E-state index in [2.05, 4.69) is 9.98 Å². The van der Waals surface area contributed by atoms with Crippen LogP contribution in [-0.2, 0) is 11.3 Å². The normalized spacial score (nSPS) is 10.4. The van der Waals surface area contributed by atoms with E-state index in [0.29, 0.717) is 6.54 Å². The van der Waals surface area contributed by atoms with Crippen molar-refractivity contribution >= 4 is 12.2 Å². The van der Waals surface area contributed by atoms with Crippen LogP contribution in [0.15, 0.2) is 29.4 Å². The molecule has 0 fully saturated rings. The number of rotatable bonds is 3. The summed E-state index contributed by atoms with van der Waals surface area (Å²) in [6, 6.07) is 5.56. The van der Waals surface area contributed by atoms with Gasteiger partial charge in [-0.3, -0.25) is 14.8 Å². The number of aromatic nitrogens is 1. The minimum Gasteiger partial charge on any atom is -0.273 e. The fraction of sp³-hybridized carbons (Fsp3) is 0.222. The molecule has 0 spiro atoms. The third-order valence-corrected chi connectivity index (χ3v) is 1.55.